The van der Waals surface area contributed by atoms with Crippen molar-refractivity contribution in [3.05, 3.63) is 60.0 Å². The number of nitrogens with one attached hydrogen (secondary N) is 2. The summed E-state index contributed by atoms with van der Waals surface area (Å²) in [4.78, 5) is 31.5. The van der Waals surface area contributed by atoms with Gasteiger partial charge in [0.25, 0.3) is 5.91 Å². The highest BCUT2D eigenvalue weighted by molar-refractivity contribution is 5.98. The molecule has 1 aromatic heterocycles. The lowest BCUT2D eigenvalue weighted by atomic mass is 10.2. The summed E-state index contributed by atoms with van der Waals surface area (Å²) in [5.41, 5.74) is 1.19. The lowest BCUT2D eigenvalue weighted by Gasteiger charge is -2.34. The van der Waals surface area contributed by atoms with Crippen LogP contribution < -0.4 is 10.1 Å². The summed E-state index contributed by atoms with van der Waals surface area (Å²) in [6.07, 6.45) is -4.78. The molecule has 0 radical (unpaired) electrons. The number of aromatic amines is 1. The second kappa shape index (κ2) is 9.10. The number of benzene rings is 2. The molecular weight excluding hydrogens is 444 g/mol. The summed E-state index contributed by atoms with van der Waals surface area (Å²) in [6, 6.07) is 11.0. The van der Waals surface area contributed by atoms with Gasteiger partial charge in [0, 0.05) is 42.8 Å². The number of hydrogen-bond donors (Lipinski definition) is 2. The van der Waals surface area contributed by atoms with E-state index in [-0.39, 0.29) is 24.1 Å². The van der Waals surface area contributed by atoms with Crippen LogP contribution in [0.5, 0.6) is 5.75 Å². The summed E-state index contributed by atoms with van der Waals surface area (Å²) in [5.74, 6) is -1.35. The number of ether oxygens (including phenoxy) is 1. The molecule has 174 valence electrons. The van der Waals surface area contributed by atoms with Crippen molar-refractivity contribution >= 4 is 28.4 Å². The molecule has 1 saturated heterocycles. The number of nitrogens with zero attached hydrogens (tertiary/aromatic N) is 2. The molecule has 2 N–H and O–H groups in total. The first kappa shape index (κ1) is 22.6. The van der Waals surface area contributed by atoms with E-state index in [1.807, 2.05) is 4.90 Å². The molecule has 33 heavy (non-hydrogen) atoms. The van der Waals surface area contributed by atoms with Crippen molar-refractivity contribution in [1.29, 1.82) is 0 Å². The van der Waals surface area contributed by atoms with Gasteiger partial charge in [-0.2, -0.15) is 0 Å². The predicted molar refractivity (Wildman–Crippen MR) is 112 cm³/mol. The monoisotopic (exact) mass is 464 g/mol. The Bertz CT molecular complexity index is 1150. The highest BCUT2D eigenvalue weighted by Crippen LogP contribution is 2.24. The zero-order valence-corrected chi connectivity index (χ0v) is 17.3. The third-order valence-electron chi connectivity index (χ3n) is 5.24. The fourth-order valence-electron chi connectivity index (χ4n) is 3.66. The van der Waals surface area contributed by atoms with Gasteiger partial charge >= 0.3 is 6.36 Å². The molecule has 7 nitrogen and oxygen atoms in total. The average Bonchev–Trinajstić information content (AvgIpc) is 3.20. The number of aromatic nitrogens is 1. The number of fused-ring (bicyclic) bond motifs is 1. The van der Waals surface area contributed by atoms with E-state index in [0.717, 1.165) is 12.1 Å². The van der Waals surface area contributed by atoms with E-state index in [9.17, 15) is 27.2 Å². The quantitative estimate of drug-likeness (QED) is 0.566. The summed E-state index contributed by atoms with van der Waals surface area (Å²) >= 11 is 0. The molecule has 0 aliphatic carbocycles. The minimum absolute atomic E-state index is 0.0699. The molecule has 3 aromatic rings. The molecule has 1 fully saturated rings. The molecule has 2 aromatic carbocycles. The third-order valence-corrected chi connectivity index (χ3v) is 5.24. The van der Waals surface area contributed by atoms with Crippen molar-refractivity contribution in [2.24, 2.45) is 0 Å². The van der Waals surface area contributed by atoms with Gasteiger partial charge in [-0.3, -0.25) is 14.5 Å². The third kappa shape index (κ3) is 5.61. The fourth-order valence-corrected chi connectivity index (χ4v) is 3.66. The highest BCUT2D eigenvalue weighted by atomic mass is 19.4. The number of carbonyl (C=O) groups excluding carboxylic acids is 2. The number of rotatable bonds is 5. The van der Waals surface area contributed by atoms with Gasteiger partial charge in [0.05, 0.1) is 6.54 Å². The molecule has 0 bridgehead atoms. The van der Waals surface area contributed by atoms with Crippen molar-refractivity contribution in [3.63, 3.8) is 0 Å². The van der Waals surface area contributed by atoms with Crippen LogP contribution >= 0.6 is 0 Å². The Labute approximate surface area is 185 Å². The fraction of sp³-hybridized carbons (Fsp3) is 0.273. The highest BCUT2D eigenvalue weighted by Gasteiger charge is 2.31. The maximum atomic E-state index is 13.9. The summed E-state index contributed by atoms with van der Waals surface area (Å²) in [6.45, 7) is 1.79. The van der Waals surface area contributed by atoms with Gasteiger partial charge < -0.3 is 19.9 Å². The number of piperazine rings is 1. The van der Waals surface area contributed by atoms with Crippen LogP contribution in [0.4, 0.5) is 23.2 Å². The van der Waals surface area contributed by atoms with E-state index in [1.54, 1.807) is 17.0 Å². The number of amides is 2. The summed E-state index contributed by atoms with van der Waals surface area (Å²) < 4.78 is 54.3. The van der Waals surface area contributed by atoms with E-state index in [0.29, 0.717) is 48.5 Å². The molecule has 1 aliphatic rings. The number of carbonyl (C=O) groups is 2. The van der Waals surface area contributed by atoms with Gasteiger partial charge in [-0.15, -0.1) is 13.2 Å². The lowest BCUT2D eigenvalue weighted by molar-refractivity contribution is -0.274. The van der Waals surface area contributed by atoms with Crippen LogP contribution in [0.25, 0.3) is 10.9 Å². The normalized spacial score (nSPS) is 15.0. The van der Waals surface area contributed by atoms with Gasteiger partial charge in [-0.1, -0.05) is 6.07 Å². The number of anilines is 1. The van der Waals surface area contributed by atoms with Crippen LogP contribution in [0.3, 0.4) is 0 Å². The molecule has 2 amide bonds. The molecule has 0 saturated carbocycles. The minimum Gasteiger partial charge on any atom is -0.406 e. The van der Waals surface area contributed by atoms with E-state index in [2.05, 4.69) is 15.0 Å². The Balaban J connectivity index is 1.27. The van der Waals surface area contributed by atoms with Crippen molar-refractivity contribution in [2.75, 3.05) is 38.0 Å². The van der Waals surface area contributed by atoms with Crippen LogP contribution in [0, 0.1) is 5.82 Å². The van der Waals surface area contributed by atoms with E-state index in [4.69, 9.17) is 0 Å². The minimum atomic E-state index is -4.78. The Morgan fingerprint density at radius 2 is 1.73 bits per heavy atom. The molecular formula is C22H20F4N4O3. The van der Waals surface area contributed by atoms with Gasteiger partial charge in [0.15, 0.2) is 0 Å². The molecule has 0 spiro atoms. The average molecular weight is 464 g/mol. The molecule has 0 unspecified atom stereocenters. The standard InChI is InChI=1S/C22H20F4N4O3/c23-17-2-1-3-18-16(17)12-19(28-18)21(32)30-10-8-29(9-11-30)13-20(31)27-14-4-6-15(7-5-14)33-22(24,25)26/h1-7,12,28H,8-11,13H2,(H,27,31). The summed E-state index contributed by atoms with van der Waals surface area (Å²) in [7, 11) is 0. The molecule has 11 heteroatoms. The van der Waals surface area contributed by atoms with Gasteiger partial charge in [0.2, 0.25) is 5.91 Å². The van der Waals surface area contributed by atoms with Crippen molar-refractivity contribution in [3.8, 4) is 5.75 Å². The van der Waals surface area contributed by atoms with Crippen LogP contribution in [0.2, 0.25) is 0 Å². The maximum Gasteiger partial charge on any atom is 0.573 e. The Morgan fingerprint density at radius 3 is 2.36 bits per heavy atom. The zero-order valence-electron chi connectivity index (χ0n) is 17.3. The van der Waals surface area contributed by atoms with E-state index < -0.39 is 12.2 Å². The Kier molecular flexibility index (Phi) is 6.23. The number of alkyl halides is 3. The second-order valence-electron chi connectivity index (χ2n) is 7.57. The molecule has 4 rings (SSSR count). The number of hydrogen-bond acceptors (Lipinski definition) is 4. The van der Waals surface area contributed by atoms with Gasteiger partial charge in [-0.25, -0.2) is 4.39 Å². The first-order chi connectivity index (χ1) is 15.7. The van der Waals surface area contributed by atoms with Crippen LogP contribution in [0.15, 0.2) is 48.5 Å². The van der Waals surface area contributed by atoms with Crippen LogP contribution in [-0.2, 0) is 4.79 Å². The SMILES string of the molecule is O=C(CN1CCN(C(=O)c2cc3c(F)cccc3[nH]2)CC1)Nc1ccc(OC(F)(F)F)cc1. The Hall–Kier alpha value is -3.60. The van der Waals surface area contributed by atoms with Gasteiger partial charge in [-0.05, 0) is 42.5 Å². The van der Waals surface area contributed by atoms with E-state index >= 15 is 0 Å². The van der Waals surface area contributed by atoms with Crippen LogP contribution in [0.1, 0.15) is 10.5 Å². The van der Waals surface area contributed by atoms with Crippen molar-refractivity contribution in [2.45, 2.75) is 6.36 Å². The molecule has 0 atom stereocenters. The van der Waals surface area contributed by atoms with E-state index in [1.165, 1.54) is 24.3 Å². The first-order valence-corrected chi connectivity index (χ1v) is 10.1. The number of halogens is 4. The second-order valence-corrected chi connectivity index (χ2v) is 7.57. The van der Waals surface area contributed by atoms with Crippen molar-refractivity contribution in [1.82, 2.24) is 14.8 Å². The van der Waals surface area contributed by atoms with Crippen LogP contribution in [-0.4, -0.2) is 65.7 Å². The van der Waals surface area contributed by atoms with Gasteiger partial charge in [0.1, 0.15) is 17.3 Å². The largest absolute Gasteiger partial charge is 0.573 e. The zero-order chi connectivity index (χ0) is 23.6. The molecule has 2 heterocycles. The first-order valence-electron chi connectivity index (χ1n) is 10.1. The predicted octanol–water partition coefficient (Wildman–Crippen LogP) is 3.60. The topological polar surface area (TPSA) is 77.7 Å². The number of H-pyrrole nitrogens is 1. The smallest absolute Gasteiger partial charge is 0.406 e. The van der Waals surface area contributed by atoms with Crippen molar-refractivity contribution < 1.29 is 31.9 Å². The lowest BCUT2D eigenvalue weighted by Crippen LogP contribution is -2.50. The Morgan fingerprint density at radius 1 is 1.03 bits per heavy atom. The maximum absolute atomic E-state index is 13.9. The summed E-state index contributed by atoms with van der Waals surface area (Å²) in [5, 5.41) is 2.98. The molecule has 1 aliphatic heterocycles.